The molecule has 0 heterocycles. The fourth-order valence-corrected chi connectivity index (χ4v) is 2.91. The van der Waals surface area contributed by atoms with E-state index >= 15 is 0 Å². The summed E-state index contributed by atoms with van der Waals surface area (Å²) in [5.41, 5.74) is 3.85. The molecule has 1 saturated carbocycles. The predicted octanol–water partition coefficient (Wildman–Crippen LogP) is 3.30. The molecular weight excluding hydrogens is 344 g/mol. The Morgan fingerprint density at radius 3 is 2.11 bits per heavy atom. The van der Waals surface area contributed by atoms with E-state index in [1.165, 1.54) is 7.11 Å². The van der Waals surface area contributed by atoms with Gasteiger partial charge >= 0.3 is 5.97 Å². The summed E-state index contributed by atoms with van der Waals surface area (Å²) in [7, 11) is 1.30. The molecule has 2 N–H and O–H groups in total. The van der Waals surface area contributed by atoms with Crippen molar-refractivity contribution in [3.8, 4) is 0 Å². The van der Waals surface area contributed by atoms with E-state index in [0.29, 0.717) is 17.7 Å². The topological polar surface area (TPSA) is 84.5 Å². The highest BCUT2D eigenvalue weighted by molar-refractivity contribution is 6.03. The average Bonchev–Trinajstić information content (AvgIpc) is 3.45. The van der Waals surface area contributed by atoms with Crippen LogP contribution in [0, 0.1) is 25.7 Å². The van der Waals surface area contributed by atoms with Crippen molar-refractivity contribution in [1.82, 2.24) is 0 Å². The van der Waals surface area contributed by atoms with Crippen LogP contribution < -0.4 is 10.6 Å². The third-order valence-corrected chi connectivity index (χ3v) is 4.79. The maximum absolute atomic E-state index is 12.4. The van der Waals surface area contributed by atoms with Crippen molar-refractivity contribution < 1.29 is 19.1 Å². The number of esters is 1. The molecule has 0 aromatic heterocycles. The minimum atomic E-state index is -0.469. The van der Waals surface area contributed by atoms with Gasteiger partial charge in [-0.3, -0.25) is 9.59 Å². The molecule has 2 amide bonds. The van der Waals surface area contributed by atoms with E-state index < -0.39 is 5.97 Å². The number of methoxy groups -OCH3 is 1. The van der Waals surface area contributed by atoms with Gasteiger partial charge in [0.2, 0.25) is 11.8 Å². The van der Waals surface area contributed by atoms with E-state index in [4.69, 9.17) is 0 Å². The highest BCUT2D eigenvalue weighted by atomic mass is 16.5. The van der Waals surface area contributed by atoms with E-state index in [-0.39, 0.29) is 23.7 Å². The largest absolute Gasteiger partial charge is 0.465 e. The molecule has 0 aliphatic heterocycles. The van der Waals surface area contributed by atoms with Gasteiger partial charge in [-0.2, -0.15) is 0 Å². The molecular formula is C21H22N2O4. The van der Waals surface area contributed by atoms with Gasteiger partial charge in [-0.05, 0) is 61.7 Å². The number of carbonyl (C=O) groups excluding carboxylic acids is 3. The Bertz CT molecular complexity index is 907. The predicted molar refractivity (Wildman–Crippen MR) is 103 cm³/mol. The van der Waals surface area contributed by atoms with E-state index in [1.807, 2.05) is 32.0 Å². The molecule has 1 aliphatic carbocycles. The molecule has 0 bridgehead atoms. The Balaban J connectivity index is 1.58. The molecule has 6 nitrogen and oxygen atoms in total. The number of hydrogen-bond donors (Lipinski definition) is 2. The Morgan fingerprint density at radius 1 is 0.889 bits per heavy atom. The zero-order chi connectivity index (χ0) is 19.6. The summed E-state index contributed by atoms with van der Waals surface area (Å²) in [5, 5.41) is 5.63. The number of nitrogens with one attached hydrogen (secondary N) is 2. The maximum atomic E-state index is 12.4. The molecule has 0 radical (unpaired) electrons. The van der Waals surface area contributed by atoms with Gasteiger partial charge in [-0.1, -0.05) is 12.1 Å². The zero-order valence-electron chi connectivity index (χ0n) is 15.5. The number of ether oxygens (including phenoxy) is 1. The lowest BCUT2D eigenvalue weighted by Crippen LogP contribution is -2.20. The molecule has 0 spiro atoms. The first-order valence-corrected chi connectivity index (χ1v) is 8.76. The zero-order valence-corrected chi connectivity index (χ0v) is 15.5. The Morgan fingerprint density at radius 2 is 1.52 bits per heavy atom. The summed E-state index contributed by atoms with van der Waals surface area (Å²) in [6.07, 6.45) is 0.513. The number of aryl methyl sites for hydroxylation is 2. The van der Waals surface area contributed by atoms with Crippen LogP contribution in [0.25, 0.3) is 0 Å². The number of hydrogen-bond acceptors (Lipinski definition) is 4. The van der Waals surface area contributed by atoms with Crippen LogP contribution in [0.5, 0.6) is 0 Å². The van der Waals surface area contributed by atoms with Gasteiger partial charge in [-0.15, -0.1) is 0 Å². The quantitative estimate of drug-likeness (QED) is 0.795. The standard InChI is InChI=1S/C21H22N2O4/c1-12-7-8-16(9-13(12)2)23-20(25)18-11-17(18)19(24)22-15-6-4-5-14(10-15)21(26)27-3/h4-10,17-18H,11H2,1-3H3,(H,22,24)(H,23,25). The van der Waals surface area contributed by atoms with Crippen molar-refractivity contribution in [3.63, 3.8) is 0 Å². The van der Waals surface area contributed by atoms with Gasteiger partial charge in [0.25, 0.3) is 0 Å². The molecule has 6 heteroatoms. The Kier molecular flexibility index (Phi) is 5.26. The smallest absolute Gasteiger partial charge is 0.337 e. The van der Waals surface area contributed by atoms with E-state index in [1.54, 1.807) is 24.3 Å². The molecule has 0 saturated heterocycles. The Hall–Kier alpha value is -3.15. The first-order chi connectivity index (χ1) is 12.9. The van der Waals surface area contributed by atoms with Crippen molar-refractivity contribution in [3.05, 3.63) is 59.2 Å². The van der Waals surface area contributed by atoms with Crippen LogP contribution in [-0.4, -0.2) is 24.9 Å². The van der Waals surface area contributed by atoms with Crippen LogP contribution in [0.15, 0.2) is 42.5 Å². The van der Waals surface area contributed by atoms with Gasteiger partial charge in [0, 0.05) is 11.4 Å². The summed E-state index contributed by atoms with van der Waals surface area (Å²) in [6, 6.07) is 12.2. The van der Waals surface area contributed by atoms with E-state index in [0.717, 1.165) is 16.8 Å². The summed E-state index contributed by atoms with van der Waals surface area (Å²) >= 11 is 0. The first kappa shape index (κ1) is 18.6. The first-order valence-electron chi connectivity index (χ1n) is 8.76. The molecule has 27 heavy (non-hydrogen) atoms. The highest BCUT2D eigenvalue weighted by Crippen LogP contribution is 2.40. The number of carbonyl (C=O) groups is 3. The van der Waals surface area contributed by atoms with Crippen molar-refractivity contribution in [2.45, 2.75) is 20.3 Å². The minimum Gasteiger partial charge on any atom is -0.465 e. The highest BCUT2D eigenvalue weighted by Gasteiger charge is 2.48. The second kappa shape index (κ2) is 7.61. The second-order valence-corrected chi connectivity index (χ2v) is 6.80. The molecule has 2 aromatic carbocycles. The normalized spacial score (nSPS) is 17.7. The lowest BCUT2D eigenvalue weighted by molar-refractivity contribution is -0.122. The molecule has 140 valence electrons. The number of benzene rings is 2. The molecule has 2 unspecified atom stereocenters. The van der Waals surface area contributed by atoms with Crippen molar-refractivity contribution in [2.24, 2.45) is 11.8 Å². The minimum absolute atomic E-state index is 0.151. The van der Waals surface area contributed by atoms with Gasteiger partial charge < -0.3 is 15.4 Å². The fraction of sp³-hybridized carbons (Fsp3) is 0.286. The Labute approximate surface area is 157 Å². The van der Waals surface area contributed by atoms with Gasteiger partial charge in [0.15, 0.2) is 0 Å². The van der Waals surface area contributed by atoms with Gasteiger partial charge in [0.1, 0.15) is 0 Å². The summed E-state index contributed by atoms with van der Waals surface area (Å²) in [4.78, 5) is 36.3. The average molecular weight is 366 g/mol. The lowest BCUT2D eigenvalue weighted by Gasteiger charge is -2.08. The summed E-state index contributed by atoms with van der Waals surface area (Å²) in [5.74, 6) is -1.55. The molecule has 2 aromatic rings. The van der Waals surface area contributed by atoms with Crippen molar-refractivity contribution >= 4 is 29.2 Å². The molecule has 3 rings (SSSR count). The van der Waals surface area contributed by atoms with E-state index in [9.17, 15) is 14.4 Å². The van der Waals surface area contributed by atoms with Crippen LogP contribution in [0.1, 0.15) is 27.9 Å². The number of rotatable bonds is 5. The maximum Gasteiger partial charge on any atom is 0.337 e. The van der Waals surface area contributed by atoms with Crippen molar-refractivity contribution in [1.29, 1.82) is 0 Å². The SMILES string of the molecule is COC(=O)c1cccc(NC(=O)C2CC2C(=O)Nc2ccc(C)c(C)c2)c1. The van der Waals surface area contributed by atoms with Crippen LogP contribution in [0.2, 0.25) is 0 Å². The third kappa shape index (κ3) is 4.34. The second-order valence-electron chi connectivity index (χ2n) is 6.80. The molecule has 1 fully saturated rings. The van der Waals surface area contributed by atoms with Crippen LogP contribution in [0.3, 0.4) is 0 Å². The molecule has 2 atom stereocenters. The third-order valence-electron chi connectivity index (χ3n) is 4.79. The van der Waals surface area contributed by atoms with Gasteiger partial charge in [-0.25, -0.2) is 4.79 Å². The van der Waals surface area contributed by atoms with Crippen LogP contribution in [0.4, 0.5) is 11.4 Å². The summed E-state index contributed by atoms with van der Waals surface area (Å²) < 4.78 is 4.67. The number of amides is 2. The van der Waals surface area contributed by atoms with E-state index in [2.05, 4.69) is 15.4 Å². The van der Waals surface area contributed by atoms with Crippen molar-refractivity contribution in [2.75, 3.05) is 17.7 Å². The van der Waals surface area contributed by atoms with Crippen LogP contribution in [-0.2, 0) is 14.3 Å². The number of anilines is 2. The fourth-order valence-electron chi connectivity index (χ4n) is 2.91. The monoisotopic (exact) mass is 366 g/mol. The molecule has 1 aliphatic rings. The van der Waals surface area contributed by atoms with Gasteiger partial charge in [0.05, 0.1) is 24.5 Å². The lowest BCUT2D eigenvalue weighted by atomic mass is 10.1. The summed E-state index contributed by atoms with van der Waals surface area (Å²) in [6.45, 7) is 4.00. The van der Waals surface area contributed by atoms with Crippen LogP contribution >= 0.6 is 0 Å².